The molecule has 2 amide bonds. The zero-order valence-electron chi connectivity index (χ0n) is 14.3. The number of amides is 2. The lowest BCUT2D eigenvalue weighted by molar-refractivity contribution is -0.145. The van der Waals surface area contributed by atoms with Crippen molar-refractivity contribution in [2.45, 2.75) is 12.8 Å². The van der Waals surface area contributed by atoms with Crippen molar-refractivity contribution >= 4 is 35.7 Å². The van der Waals surface area contributed by atoms with Gasteiger partial charge in [0.05, 0.1) is 26.2 Å². The maximum Gasteiger partial charge on any atom is 0.317 e. The number of imide groups is 1. The summed E-state index contributed by atoms with van der Waals surface area (Å²) in [6.45, 7) is -2.25. The molecular formula is C14H21N3O10. The Bertz CT molecular complexity index is 510. The highest BCUT2D eigenvalue weighted by atomic mass is 16.4. The summed E-state index contributed by atoms with van der Waals surface area (Å²) in [5, 5.41) is 36.6. The van der Waals surface area contributed by atoms with Crippen LogP contribution in [0.25, 0.3) is 0 Å². The predicted octanol–water partition coefficient (Wildman–Crippen LogP) is -2.65. The molecular weight excluding hydrogens is 370 g/mol. The van der Waals surface area contributed by atoms with Gasteiger partial charge in [-0.15, -0.1) is 0 Å². The van der Waals surface area contributed by atoms with Gasteiger partial charge in [0, 0.05) is 25.9 Å². The van der Waals surface area contributed by atoms with Crippen LogP contribution in [0, 0.1) is 0 Å². The molecule has 0 radical (unpaired) electrons. The fraction of sp³-hybridized carbons (Fsp3) is 0.571. The molecule has 27 heavy (non-hydrogen) atoms. The van der Waals surface area contributed by atoms with E-state index in [1.807, 2.05) is 0 Å². The minimum absolute atomic E-state index is 0.0703. The monoisotopic (exact) mass is 391 g/mol. The Morgan fingerprint density at radius 1 is 0.667 bits per heavy atom. The molecule has 1 heterocycles. The highest BCUT2D eigenvalue weighted by Gasteiger charge is 2.18. The normalized spacial score (nSPS) is 13.1. The van der Waals surface area contributed by atoms with E-state index < -0.39 is 50.1 Å². The number of nitrogens with one attached hydrogen (secondary N) is 1. The Hall–Kier alpha value is -3.06. The third-order valence-corrected chi connectivity index (χ3v) is 3.03. The molecule has 1 aliphatic rings. The molecule has 1 aliphatic heterocycles. The van der Waals surface area contributed by atoms with Gasteiger partial charge in [-0.05, 0) is 0 Å². The second-order valence-electron chi connectivity index (χ2n) is 5.47. The summed E-state index contributed by atoms with van der Waals surface area (Å²) in [5.41, 5.74) is 0. The first-order valence-corrected chi connectivity index (χ1v) is 7.64. The Balaban J connectivity index is 0.000000797. The van der Waals surface area contributed by atoms with Crippen molar-refractivity contribution in [1.29, 1.82) is 0 Å². The van der Waals surface area contributed by atoms with Crippen molar-refractivity contribution in [3.63, 3.8) is 0 Å². The fourth-order valence-corrected chi connectivity index (χ4v) is 1.98. The quantitative estimate of drug-likeness (QED) is 0.229. The van der Waals surface area contributed by atoms with E-state index in [0.717, 1.165) is 9.80 Å². The maximum atomic E-state index is 10.6. The summed E-state index contributed by atoms with van der Waals surface area (Å²) < 4.78 is 0. The van der Waals surface area contributed by atoms with Crippen molar-refractivity contribution in [3.05, 3.63) is 0 Å². The second-order valence-corrected chi connectivity index (χ2v) is 5.47. The molecule has 0 aromatic heterocycles. The van der Waals surface area contributed by atoms with Gasteiger partial charge in [-0.25, -0.2) is 0 Å². The van der Waals surface area contributed by atoms with Gasteiger partial charge in [0.25, 0.3) is 0 Å². The van der Waals surface area contributed by atoms with E-state index in [4.69, 9.17) is 20.4 Å². The number of carbonyl (C=O) groups is 6. The summed E-state index contributed by atoms with van der Waals surface area (Å²) in [6, 6.07) is 0. The predicted molar refractivity (Wildman–Crippen MR) is 85.8 cm³/mol. The number of carboxylic acid groups (broad SMARTS) is 4. The van der Waals surface area contributed by atoms with E-state index in [-0.39, 0.29) is 24.9 Å². The molecule has 0 aliphatic carbocycles. The minimum atomic E-state index is -1.23. The van der Waals surface area contributed by atoms with Gasteiger partial charge in [0.1, 0.15) is 0 Å². The van der Waals surface area contributed by atoms with Gasteiger partial charge >= 0.3 is 23.9 Å². The molecule has 13 nitrogen and oxygen atoms in total. The minimum Gasteiger partial charge on any atom is -0.480 e. The molecule has 0 aromatic carbocycles. The lowest BCUT2D eigenvalue weighted by Crippen LogP contribution is -2.43. The molecule has 1 fully saturated rings. The summed E-state index contributed by atoms with van der Waals surface area (Å²) in [5.74, 6) is -5.21. The van der Waals surface area contributed by atoms with E-state index in [1.165, 1.54) is 0 Å². The summed E-state index contributed by atoms with van der Waals surface area (Å²) in [6.07, 6.45) is 0.748. The van der Waals surface area contributed by atoms with Gasteiger partial charge in [-0.1, -0.05) is 0 Å². The smallest absolute Gasteiger partial charge is 0.317 e. The summed E-state index contributed by atoms with van der Waals surface area (Å²) in [7, 11) is 0. The van der Waals surface area contributed by atoms with Crippen LogP contribution in [0.1, 0.15) is 12.8 Å². The number of hydrogen-bond donors (Lipinski definition) is 5. The average Bonchev–Trinajstić information content (AvgIpc) is 2.86. The van der Waals surface area contributed by atoms with Crippen LogP contribution in [-0.4, -0.2) is 105 Å². The molecule has 5 N–H and O–H groups in total. The van der Waals surface area contributed by atoms with Crippen LogP contribution < -0.4 is 5.32 Å². The highest BCUT2D eigenvalue weighted by molar-refractivity contribution is 6.01. The van der Waals surface area contributed by atoms with Crippen molar-refractivity contribution in [2.75, 3.05) is 39.3 Å². The van der Waals surface area contributed by atoms with Gasteiger partial charge in [0.2, 0.25) is 11.8 Å². The zero-order chi connectivity index (χ0) is 21.0. The van der Waals surface area contributed by atoms with Crippen LogP contribution in [-0.2, 0) is 28.8 Å². The Morgan fingerprint density at radius 2 is 0.926 bits per heavy atom. The van der Waals surface area contributed by atoms with Crippen molar-refractivity contribution in [1.82, 2.24) is 15.1 Å². The third-order valence-electron chi connectivity index (χ3n) is 3.03. The first kappa shape index (κ1) is 23.9. The molecule has 1 rings (SSSR count). The van der Waals surface area contributed by atoms with Gasteiger partial charge < -0.3 is 20.4 Å². The number of carboxylic acids is 4. The molecule has 152 valence electrons. The molecule has 1 saturated heterocycles. The van der Waals surface area contributed by atoms with Crippen LogP contribution >= 0.6 is 0 Å². The SMILES string of the molecule is O=C(O)CN(CCN(CC(=O)O)CC(=O)O)CC(=O)O.O=C1CCC(=O)N1. The van der Waals surface area contributed by atoms with Crippen LogP contribution in [0.2, 0.25) is 0 Å². The largest absolute Gasteiger partial charge is 0.480 e. The fourth-order valence-electron chi connectivity index (χ4n) is 1.98. The van der Waals surface area contributed by atoms with Crippen LogP contribution in [0.4, 0.5) is 0 Å². The van der Waals surface area contributed by atoms with Crippen LogP contribution in [0.5, 0.6) is 0 Å². The average molecular weight is 391 g/mol. The van der Waals surface area contributed by atoms with Gasteiger partial charge in [-0.2, -0.15) is 0 Å². The van der Waals surface area contributed by atoms with Crippen molar-refractivity contribution < 1.29 is 49.2 Å². The number of nitrogens with zero attached hydrogens (tertiary/aromatic N) is 2. The van der Waals surface area contributed by atoms with Crippen LogP contribution in [0.15, 0.2) is 0 Å². The molecule has 13 heteroatoms. The molecule has 0 aromatic rings. The number of aliphatic carboxylic acids is 4. The molecule has 0 unspecified atom stereocenters. The Kier molecular flexibility index (Phi) is 10.9. The lowest BCUT2D eigenvalue weighted by atomic mass is 10.4. The Labute approximate surface area is 153 Å². The van der Waals surface area contributed by atoms with E-state index >= 15 is 0 Å². The van der Waals surface area contributed by atoms with E-state index in [2.05, 4.69) is 5.32 Å². The molecule has 0 saturated carbocycles. The van der Waals surface area contributed by atoms with Gasteiger partial charge in [-0.3, -0.25) is 43.9 Å². The summed E-state index contributed by atoms with van der Waals surface area (Å²) in [4.78, 5) is 64.6. The van der Waals surface area contributed by atoms with E-state index in [9.17, 15) is 28.8 Å². The molecule has 0 bridgehead atoms. The molecule has 0 atom stereocenters. The highest BCUT2D eigenvalue weighted by Crippen LogP contribution is 1.96. The lowest BCUT2D eigenvalue weighted by Gasteiger charge is -2.23. The van der Waals surface area contributed by atoms with E-state index in [1.54, 1.807) is 0 Å². The van der Waals surface area contributed by atoms with Crippen LogP contribution in [0.3, 0.4) is 0 Å². The number of hydrogen-bond acceptors (Lipinski definition) is 8. The third kappa shape index (κ3) is 13.9. The summed E-state index contributed by atoms with van der Waals surface area (Å²) >= 11 is 0. The topological polar surface area (TPSA) is 202 Å². The first-order valence-electron chi connectivity index (χ1n) is 7.64. The first-order chi connectivity index (χ1) is 12.5. The van der Waals surface area contributed by atoms with Gasteiger partial charge in [0.15, 0.2) is 0 Å². The maximum absolute atomic E-state index is 10.6. The Morgan fingerprint density at radius 3 is 1.07 bits per heavy atom. The number of rotatable bonds is 11. The van der Waals surface area contributed by atoms with E-state index in [0.29, 0.717) is 12.8 Å². The van der Waals surface area contributed by atoms with Crippen molar-refractivity contribution in [2.24, 2.45) is 0 Å². The number of carbonyl (C=O) groups excluding carboxylic acids is 2. The molecule has 0 spiro atoms. The second kappa shape index (κ2) is 12.3. The standard InChI is InChI=1S/C10H16N2O8.C4H5NO2/c13-7(14)3-11(4-8(15)16)1-2-12(5-9(17)18)6-10(19)20;6-3-1-2-4(7)5-3/h1-6H2,(H,13,14)(H,15,16)(H,17,18)(H,19,20);1-2H2,(H,5,6,7). The zero-order valence-corrected chi connectivity index (χ0v) is 14.3. The van der Waals surface area contributed by atoms with Crippen molar-refractivity contribution in [3.8, 4) is 0 Å².